The summed E-state index contributed by atoms with van der Waals surface area (Å²) in [6.07, 6.45) is 0. The van der Waals surface area contributed by atoms with Gasteiger partial charge in [0.1, 0.15) is 12.4 Å². The largest absolute Gasteiger partial charge is 0.493 e. The van der Waals surface area contributed by atoms with Gasteiger partial charge in [0, 0.05) is 12.6 Å². The number of amides is 1. The van der Waals surface area contributed by atoms with Gasteiger partial charge < -0.3 is 14.8 Å². The van der Waals surface area contributed by atoms with Crippen molar-refractivity contribution in [1.29, 1.82) is 0 Å². The van der Waals surface area contributed by atoms with Crippen molar-refractivity contribution < 1.29 is 27.1 Å². The minimum atomic E-state index is -4.12. The molecule has 0 aliphatic carbocycles. The summed E-state index contributed by atoms with van der Waals surface area (Å²) >= 11 is 0. The maximum atomic E-state index is 13.5. The Morgan fingerprint density at radius 1 is 0.939 bits per heavy atom. The number of hydrogen-bond acceptors (Lipinski definition) is 5. The van der Waals surface area contributed by atoms with Crippen LogP contribution in [0.4, 0.5) is 10.1 Å². The van der Waals surface area contributed by atoms with E-state index >= 15 is 0 Å². The molecule has 0 atom stereocenters. The van der Waals surface area contributed by atoms with Crippen molar-refractivity contribution in [3.8, 4) is 11.5 Å². The first-order chi connectivity index (χ1) is 15.7. The molecule has 7 nitrogen and oxygen atoms in total. The van der Waals surface area contributed by atoms with Gasteiger partial charge in [-0.3, -0.25) is 9.10 Å². The molecule has 9 heteroatoms. The van der Waals surface area contributed by atoms with Gasteiger partial charge in [-0.05, 0) is 48.9 Å². The summed E-state index contributed by atoms with van der Waals surface area (Å²) in [5.41, 5.74) is 1.98. The van der Waals surface area contributed by atoms with E-state index in [2.05, 4.69) is 5.32 Å². The van der Waals surface area contributed by atoms with Gasteiger partial charge in [-0.2, -0.15) is 0 Å². The molecule has 1 amide bonds. The molecule has 0 radical (unpaired) electrons. The highest BCUT2D eigenvalue weighted by Crippen LogP contribution is 2.32. The topological polar surface area (TPSA) is 84.9 Å². The number of aryl methyl sites for hydroxylation is 1. The molecule has 3 aromatic carbocycles. The van der Waals surface area contributed by atoms with Gasteiger partial charge in [0.05, 0.1) is 24.8 Å². The molecule has 1 N–H and O–H groups in total. The second-order valence-corrected chi connectivity index (χ2v) is 9.13. The third-order valence-corrected chi connectivity index (χ3v) is 6.72. The molecule has 0 unspecified atom stereocenters. The van der Waals surface area contributed by atoms with E-state index < -0.39 is 22.5 Å². The van der Waals surface area contributed by atoms with Crippen molar-refractivity contribution in [3.63, 3.8) is 0 Å². The van der Waals surface area contributed by atoms with E-state index in [-0.39, 0.29) is 23.0 Å². The van der Waals surface area contributed by atoms with E-state index in [1.165, 1.54) is 44.6 Å². The molecule has 0 aliphatic heterocycles. The molecule has 3 aromatic rings. The van der Waals surface area contributed by atoms with Crippen molar-refractivity contribution in [3.05, 3.63) is 83.7 Å². The predicted octanol–water partition coefficient (Wildman–Crippen LogP) is 3.66. The second kappa shape index (κ2) is 10.4. The maximum absolute atomic E-state index is 13.5. The Bertz CT molecular complexity index is 1210. The van der Waals surface area contributed by atoms with Crippen molar-refractivity contribution in [2.45, 2.75) is 18.4 Å². The molecule has 0 fully saturated rings. The fraction of sp³-hybridized carbons (Fsp3) is 0.208. The van der Waals surface area contributed by atoms with Crippen molar-refractivity contribution >= 4 is 21.6 Å². The number of rotatable bonds is 9. The molecule has 0 aliphatic rings. The van der Waals surface area contributed by atoms with Crippen LogP contribution in [0.15, 0.2) is 71.6 Å². The van der Waals surface area contributed by atoms with Crippen LogP contribution in [0.2, 0.25) is 0 Å². The van der Waals surface area contributed by atoms with Gasteiger partial charge in [0.25, 0.3) is 10.0 Å². The molecule has 0 saturated carbocycles. The van der Waals surface area contributed by atoms with Crippen LogP contribution in [-0.4, -0.2) is 35.1 Å². The van der Waals surface area contributed by atoms with Gasteiger partial charge in [-0.1, -0.05) is 29.8 Å². The lowest BCUT2D eigenvalue weighted by molar-refractivity contribution is -0.119. The number of carbonyl (C=O) groups is 1. The van der Waals surface area contributed by atoms with Gasteiger partial charge in [-0.15, -0.1) is 0 Å². The van der Waals surface area contributed by atoms with Gasteiger partial charge in [0.15, 0.2) is 11.5 Å². The zero-order chi connectivity index (χ0) is 24.0. The van der Waals surface area contributed by atoms with E-state index in [9.17, 15) is 17.6 Å². The molecule has 0 aromatic heterocycles. The standard InChI is InChI=1S/C24H25FN2O5S/c1-17-4-10-20(11-5-17)27(16-24(28)26-15-18-6-8-19(25)9-7-18)33(29,30)21-12-13-22(31-2)23(14-21)32-3/h4-14H,15-16H2,1-3H3,(H,26,28). The number of anilines is 1. The quantitative estimate of drug-likeness (QED) is 0.514. The third-order valence-electron chi connectivity index (χ3n) is 4.96. The highest BCUT2D eigenvalue weighted by Gasteiger charge is 2.28. The fourth-order valence-corrected chi connectivity index (χ4v) is 4.56. The number of nitrogens with one attached hydrogen (secondary N) is 1. The Morgan fingerprint density at radius 3 is 2.18 bits per heavy atom. The number of hydrogen-bond donors (Lipinski definition) is 1. The average Bonchev–Trinajstić information content (AvgIpc) is 2.82. The number of nitrogens with zero attached hydrogens (tertiary/aromatic N) is 1. The first kappa shape index (κ1) is 24.1. The second-order valence-electron chi connectivity index (χ2n) is 7.27. The van der Waals surface area contributed by atoms with Crippen molar-refractivity contribution in [2.75, 3.05) is 25.1 Å². The summed E-state index contributed by atoms with van der Waals surface area (Å²) in [6, 6.07) is 16.7. The van der Waals surface area contributed by atoms with Gasteiger partial charge in [0.2, 0.25) is 5.91 Å². The third kappa shape index (κ3) is 5.81. The van der Waals surface area contributed by atoms with E-state index in [1.807, 2.05) is 6.92 Å². The summed E-state index contributed by atoms with van der Waals surface area (Å²) in [4.78, 5) is 12.7. The Kier molecular flexibility index (Phi) is 7.55. The molecular formula is C24H25FN2O5S. The van der Waals surface area contributed by atoms with E-state index in [4.69, 9.17) is 9.47 Å². The summed E-state index contributed by atoms with van der Waals surface area (Å²) < 4.78 is 51.6. The Balaban J connectivity index is 1.90. The monoisotopic (exact) mass is 472 g/mol. The van der Waals surface area contributed by atoms with E-state index in [0.717, 1.165) is 9.87 Å². The minimum absolute atomic E-state index is 0.0490. The highest BCUT2D eigenvalue weighted by atomic mass is 32.2. The number of carbonyl (C=O) groups excluding carboxylic acids is 1. The Labute approximate surface area is 192 Å². The van der Waals surface area contributed by atoms with Gasteiger partial charge in [-0.25, -0.2) is 12.8 Å². The van der Waals surface area contributed by atoms with Crippen LogP contribution >= 0.6 is 0 Å². The number of halogens is 1. The van der Waals surface area contributed by atoms with Crippen LogP contribution < -0.4 is 19.1 Å². The lowest BCUT2D eigenvalue weighted by atomic mass is 10.2. The highest BCUT2D eigenvalue weighted by molar-refractivity contribution is 7.92. The molecule has 0 heterocycles. The average molecular weight is 473 g/mol. The first-order valence-electron chi connectivity index (χ1n) is 10.1. The zero-order valence-corrected chi connectivity index (χ0v) is 19.4. The van der Waals surface area contributed by atoms with Crippen molar-refractivity contribution in [2.24, 2.45) is 0 Å². The lowest BCUT2D eigenvalue weighted by Crippen LogP contribution is -2.40. The van der Waals surface area contributed by atoms with Crippen LogP contribution in [0.3, 0.4) is 0 Å². The molecule has 3 rings (SSSR count). The molecular weight excluding hydrogens is 447 g/mol. The van der Waals surface area contributed by atoms with Crippen LogP contribution in [0, 0.1) is 12.7 Å². The van der Waals surface area contributed by atoms with E-state index in [1.54, 1.807) is 36.4 Å². The number of benzene rings is 3. The van der Waals surface area contributed by atoms with Crippen molar-refractivity contribution in [1.82, 2.24) is 5.32 Å². The van der Waals surface area contributed by atoms with Crippen LogP contribution in [0.1, 0.15) is 11.1 Å². The number of sulfonamides is 1. The normalized spacial score (nSPS) is 11.0. The summed E-state index contributed by atoms with van der Waals surface area (Å²) in [5.74, 6) is -0.251. The SMILES string of the molecule is COc1ccc(S(=O)(=O)N(CC(=O)NCc2ccc(F)cc2)c2ccc(C)cc2)cc1OC. The minimum Gasteiger partial charge on any atom is -0.493 e. The van der Waals surface area contributed by atoms with Crippen LogP contribution in [0.5, 0.6) is 11.5 Å². The van der Waals surface area contributed by atoms with Crippen LogP contribution in [0.25, 0.3) is 0 Å². The Hall–Kier alpha value is -3.59. The maximum Gasteiger partial charge on any atom is 0.264 e. The number of methoxy groups -OCH3 is 2. The smallest absolute Gasteiger partial charge is 0.264 e. The Morgan fingerprint density at radius 2 is 1.58 bits per heavy atom. The summed E-state index contributed by atoms with van der Waals surface area (Å²) in [7, 11) is -1.25. The summed E-state index contributed by atoms with van der Waals surface area (Å²) in [6.45, 7) is 1.57. The van der Waals surface area contributed by atoms with Crippen LogP contribution in [-0.2, 0) is 21.4 Å². The molecule has 0 saturated heterocycles. The molecule has 0 bridgehead atoms. The first-order valence-corrected chi connectivity index (χ1v) is 11.5. The van der Waals surface area contributed by atoms with Gasteiger partial charge >= 0.3 is 0 Å². The van der Waals surface area contributed by atoms with E-state index in [0.29, 0.717) is 17.0 Å². The lowest BCUT2D eigenvalue weighted by Gasteiger charge is -2.24. The zero-order valence-electron chi connectivity index (χ0n) is 18.5. The fourth-order valence-electron chi connectivity index (χ4n) is 3.12. The number of ether oxygens (including phenoxy) is 2. The molecule has 33 heavy (non-hydrogen) atoms. The molecule has 0 spiro atoms. The molecule has 174 valence electrons. The predicted molar refractivity (Wildman–Crippen MR) is 124 cm³/mol. The summed E-state index contributed by atoms with van der Waals surface area (Å²) in [5, 5.41) is 2.68.